The van der Waals surface area contributed by atoms with Gasteiger partial charge < -0.3 is 10.6 Å². The molecule has 4 aromatic rings. The molecule has 0 unspecified atom stereocenters. The monoisotopic (exact) mass is 403 g/mol. The molecule has 0 aliphatic heterocycles. The Labute approximate surface area is 173 Å². The van der Waals surface area contributed by atoms with E-state index in [0.29, 0.717) is 12.4 Å². The van der Waals surface area contributed by atoms with E-state index in [0.717, 1.165) is 29.2 Å². The summed E-state index contributed by atoms with van der Waals surface area (Å²) in [6, 6.07) is 23.7. The standard InChI is InChI=1S/C22H21N5OS/c28-22(24-15-8-14-23-17-9-3-1-4-10-17)20-25-21(19-13-7-16-29-19)27(26-20)18-11-5-2-6-12-18/h1-7,9-13,16,23H,8,14-15H2,(H,24,28). The molecule has 146 valence electrons. The highest BCUT2D eigenvalue weighted by molar-refractivity contribution is 7.13. The zero-order valence-electron chi connectivity index (χ0n) is 15.8. The lowest BCUT2D eigenvalue weighted by Gasteiger charge is -2.06. The molecule has 0 aliphatic rings. The molecule has 1 amide bonds. The lowest BCUT2D eigenvalue weighted by molar-refractivity contribution is 0.0943. The average molecular weight is 404 g/mol. The molecule has 2 heterocycles. The Balaban J connectivity index is 1.41. The zero-order valence-corrected chi connectivity index (χ0v) is 16.6. The topological polar surface area (TPSA) is 71.8 Å². The predicted octanol–water partition coefficient (Wildman–Crippen LogP) is 4.23. The number of rotatable bonds is 8. The number of para-hydroxylation sites is 2. The van der Waals surface area contributed by atoms with Crippen LogP contribution in [-0.4, -0.2) is 33.8 Å². The first-order valence-electron chi connectivity index (χ1n) is 9.45. The molecule has 0 saturated carbocycles. The third kappa shape index (κ3) is 4.70. The number of carbonyl (C=O) groups is 1. The van der Waals surface area contributed by atoms with E-state index >= 15 is 0 Å². The van der Waals surface area contributed by atoms with Gasteiger partial charge in [0.05, 0.1) is 10.6 Å². The van der Waals surface area contributed by atoms with Gasteiger partial charge in [0, 0.05) is 18.8 Å². The van der Waals surface area contributed by atoms with Gasteiger partial charge in [-0.2, -0.15) is 0 Å². The number of hydrogen-bond donors (Lipinski definition) is 2. The molecule has 2 N–H and O–H groups in total. The summed E-state index contributed by atoms with van der Waals surface area (Å²) in [4.78, 5) is 18.1. The van der Waals surface area contributed by atoms with Crippen molar-refractivity contribution in [3.8, 4) is 16.4 Å². The molecule has 0 saturated heterocycles. The molecule has 0 spiro atoms. The molecule has 2 aromatic carbocycles. The highest BCUT2D eigenvalue weighted by Crippen LogP contribution is 2.25. The molecule has 29 heavy (non-hydrogen) atoms. The third-order valence-electron chi connectivity index (χ3n) is 4.29. The van der Waals surface area contributed by atoms with Crippen LogP contribution in [0.3, 0.4) is 0 Å². The fourth-order valence-electron chi connectivity index (χ4n) is 2.88. The SMILES string of the molecule is O=C(NCCCNc1ccccc1)c1nc(-c2cccs2)n(-c2ccccc2)n1. The third-order valence-corrected chi connectivity index (χ3v) is 5.16. The minimum Gasteiger partial charge on any atom is -0.385 e. The summed E-state index contributed by atoms with van der Waals surface area (Å²) in [5, 5.41) is 12.7. The van der Waals surface area contributed by atoms with E-state index in [-0.39, 0.29) is 11.7 Å². The number of amides is 1. The van der Waals surface area contributed by atoms with Crippen molar-refractivity contribution in [2.45, 2.75) is 6.42 Å². The minimum absolute atomic E-state index is 0.174. The average Bonchev–Trinajstić information content (AvgIpc) is 3.45. The molecular formula is C22H21N5OS. The van der Waals surface area contributed by atoms with Crippen LogP contribution in [0.25, 0.3) is 16.4 Å². The number of hydrogen-bond acceptors (Lipinski definition) is 5. The smallest absolute Gasteiger partial charge is 0.290 e. The molecule has 0 atom stereocenters. The van der Waals surface area contributed by atoms with Gasteiger partial charge in [0.25, 0.3) is 5.91 Å². The second kappa shape index (κ2) is 9.16. The fraction of sp³-hybridized carbons (Fsp3) is 0.136. The number of carbonyl (C=O) groups excluding carboxylic acids is 1. The Bertz CT molecular complexity index is 1050. The second-order valence-electron chi connectivity index (χ2n) is 6.39. The van der Waals surface area contributed by atoms with Gasteiger partial charge in [-0.15, -0.1) is 16.4 Å². The van der Waals surface area contributed by atoms with Crippen LogP contribution in [-0.2, 0) is 0 Å². The van der Waals surface area contributed by atoms with E-state index in [4.69, 9.17) is 0 Å². The summed E-state index contributed by atoms with van der Waals surface area (Å²) in [5.74, 6) is 0.576. The Morgan fingerprint density at radius 2 is 1.69 bits per heavy atom. The van der Waals surface area contributed by atoms with Crippen molar-refractivity contribution in [3.63, 3.8) is 0 Å². The lowest BCUT2D eigenvalue weighted by Crippen LogP contribution is -2.27. The van der Waals surface area contributed by atoms with E-state index in [9.17, 15) is 4.79 Å². The van der Waals surface area contributed by atoms with Crippen molar-refractivity contribution in [1.82, 2.24) is 20.1 Å². The van der Waals surface area contributed by atoms with Crippen LogP contribution in [0, 0.1) is 0 Å². The van der Waals surface area contributed by atoms with E-state index in [1.54, 1.807) is 16.0 Å². The van der Waals surface area contributed by atoms with Gasteiger partial charge in [-0.1, -0.05) is 42.5 Å². The van der Waals surface area contributed by atoms with Crippen LogP contribution >= 0.6 is 11.3 Å². The van der Waals surface area contributed by atoms with Crippen molar-refractivity contribution in [3.05, 3.63) is 84.0 Å². The van der Waals surface area contributed by atoms with Gasteiger partial charge in [0.1, 0.15) is 0 Å². The van der Waals surface area contributed by atoms with Crippen LogP contribution in [0.1, 0.15) is 17.0 Å². The number of anilines is 1. The molecule has 2 aromatic heterocycles. The first-order chi connectivity index (χ1) is 14.3. The van der Waals surface area contributed by atoms with Crippen molar-refractivity contribution in [2.24, 2.45) is 0 Å². The van der Waals surface area contributed by atoms with Gasteiger partial charge in [-0.25, -0.2) is 9.67 Å². The highest BCUT2D eigenvalue weighted by Gasteiger charge is 2.18. The van der Waals surface area contributed by atoms with E-state index in [2.05, 4.69) is 20.7 Å². The normalized spacial score (nSPS) is 10.6. The van der Waals surface area contributed by atoms with Gasteiger partial charge in [0.15, 0.2) is 5.82 Å². The Kier molecular flexibility index (Phi) is 5.97. The van der Waals surface area contributed by atoms with Crippen LogP contribution in [0.5, 0.6) is 0 Å². The van der Waals surface area contributed by atoms with E-state index in [1.165, 1.54) is 0 Å². The van der Waals surface area contributed by atoms with Crippen molar-refractivity contribution >= 4 is 22.9 Å². The summed E-state index contributed by atoms with van der Waals surface area (Å²) in [6.07, 6.45) is 0.803. The molecule has 0 radical (unpaired) electrons. The zero-order chi connectivity index (χ0) is 19.9. The molecule has 0 fully saturated rings. The summed E-state index contributed by atoms with van der Waals surface area (Å²) < 4.78 is 1.72. The second-order valence-corrected chi connectivity index (χ2v) is 7.33. The summed E-state index contributed by atoms with van der Waals surface area (Å²) in [5.41, 5.74) is 1.94. The predicted molar refractivity (Wildman–Crippen MR) is 117 cm³/mol. The molecule has 0 bridgehead atoms. The fourth-order valence-corrected chi connectivity index (χ4v) is 3.58. The van der Waals surface area contributed by atoms with E-state index < -0.39 is 0 Å². The lowest BCUT2D eigenvalue weighted by atomic mass is 10.3. The molecule has 4 rings (SSSR count). The molecule has 6 nitrogen and oxygen atoms in total. The maximum Gasteiger partial charge on any atom is 0.290 e. The first-order valence-corrected chi connectivity index (χ1v) is 10.3. The highest BCUT2D eigenvalue weighted by atomic mass is 32.1. The number of nitrogens with zero attached hydrogens (tertiary/aromatic N) is 3. The van der Waals surface area contributed by atoms with Gasteiger partial charge in [-0.3, -0.25) is 4.79 Å². The summed E-state index contributed by atoms with van der Waals surface area (Å²) in [6.45, 7) is 1.32. The van der Waals surface area contributed by atoms with Gasteiger partial charge >= 0.3 is 0 Å². The summed E-state index contributed by atoms with van der Waals surface area (Å²) >= 11 is 1.57. The van der Waals surface area contributed by atoms with Crippen LogP contribution in [0.2, 0.25) is 0 Å². The van der Waals surface area contributed by atoms with Crippen molar-refractivity contribution in [1.29, 1.82) is 0 Å². The Hall–Kier alpha value is -3.45. The summed E-state index contributed by atoms with van der Waals surface area (Å²) in [7, 11) is 0. The van der Waals surface area contributed by atoms with E-state index in [1.807, 2.05) is 78.2 Å². The van der Waals surface area contributed by atoms with Gasteiger partial charge in [0.2, 0.25) is 5.82 Å². The Morgan fingerprint density at radius 3 is 2.41 bits per heavy atom. The number of aromatic nitrogens is 3. The maximum absolute atomic E-state index is 12.6. The first kappa shape index (κ1) is 18.9. The van der Waals surface area contributed by atoms with Gasteiger partial charge in [-0.05, 0) is 42.1 Å². The number of benzene rings is 2. The number of nitrogens with one attached hydrogen (secondary N) is 2. The Morgan fingerprint density at radius 1 is 0.931 bits per heavy atom. The molecule has 7 heteroatoms. The van der Waals surface area contributed by atoms with Crippen LogP contribution < -0.4 is 10.6 Å². The van der Waals surface area contributed by atoms with Crippen LogP contribution in [0.4, 0.5) is 5.69 Å². The number of thiophene rings is 1. The molecular weight excluding hydrogens is 382 g/mol. The largest absolute Gasteiger partial charge is 0.385 e. The quantitative estimate of drug-likeness (QED) is 0.432. The maximum atomic E-state index is 12.6. The molecule has 0 aliphatic carbocycles. The minimum atomic E-state index is -0.266. The van der Waals surface area contributed by atoms with Crippen molar-refractivity contribution in [2.75, 3.05) is 18.4 Å². The van der Waals surface area contributed by atoms with Crippen molar-refractivity contribution < 1.29 is 4.79 Å². The van der Waals surface area contributed by atoms with Crippen LogP contribution in [0.15, 0.2) is 78.2 Å².